The van der Waals surface area contributed by atoms with E-state index < -0.39 is 10.8 Å². The fourth-order valence-electron chi connectivity index (χ4n) is 3.62. The number of likely N-dealkylation sites (N-methyl/N-ethyl adjacent to an activating group) is 1. The van der Waals surface area contributed by atoms with Crippen molar-refractivity contribution in [1.29, 1.82) is 0 Å². The van der Waals surface area contributed by atoms with Crippen LogP contribution in [0.15, 0.2) is 43.0 Å². The van der Waals surface area contributed by atoms with Gasteiger partial charge in [-0.05, 0) is 37.0 Å². The fraction of sp³-hybridized carbons (Fsp3) is 0.318. The average molecular weight is 411 g/mol. The number of nitro benzene ring substituents is 1. The molecule has 156 valence electrons. The van der Waals surface area contributed by atoms with Crippen LogP contribution in [0.5, 0.6) is 5.75 Å². The first-order valence-corrected chi connectivity index (χ1v) is 9.76. The maximum Gasteiger partial charge on any atom is 0.283 e. The molecule has 1 saturated carbocycles. The summed E-state index contributed by atoms with van der Waals surface area (Å²) in [7, 11) is 1.57. The number of nitro groups is 1. The highest BCUT2D eigenvalue weighted by Gasteiger charge is 2.36. The number of fused-ring (bicyclic) bond motifs is 1. The standard InChI is InChI=1S/C22H22FN3O4/c1-14-18-11-20(26(28)29)19(12-21(18)30-13-25(14)17-6-7-17)22(27)24(2)9-8-15-4-3-5-16(23)10-15/h3-5,10-12,17H,1,6-9,13H2,2H3. The van der Waals surface area contributed by atoms with Crippen LogP contribution in [-0.4, -0.2) is 47.0 Å². The molecule has 0 radical (unpaired) electrons. The van der Waals surface area contributed by atoms with Crippen molar-refractivity contribution in [1.82, 2.24) is 9.80 Å². The van der Waals surface area contributed by atoms with Crippen molar-refractivity contribution in [3.63, 3.8) is 0 Å². The maximum atomic E-state index is 13.4. The molecule has 1 fully saturated rings. The number of hydrogen-bond acceptors (Lipinski definition) is 5. The first kappa shape index (κ1) is 19.9. The number of hydrogen-bond donors (Lipinski definition) is 0. The van der Waals surface area contributed by atoms with Gasteiger partial charge in [0.05, 0.1) is 4.92 Å². The third-order valence-corrected chi connectivity index (χ3v) is 5.50. The third-order valence-electron chi connectivity index (χ3n) is 5.50. The van der Waals surface area contributed by atoms with Crippen LogP contribution in [0.4, 0.5) is 10.1 Å². The molecular formula is C22H22FN3O4. The minimum absolute atomic E-state index is 0.0341. The summed E-state index contributed by atoms with van der Waals surface area (Å²) in [5, 5.41) is 11.7. The lowest BCUT2D eigenvalue weighted by atomic mass is 10.0. The Kier molecular flexibility index (Phi) is 5.15. The van der Waals surface area contributed by atoms with Gasteiger partial charge in [0.25, 0.3) is 11.6 Å². The number of carbonyl (C=O) groups is 1. The molecule has 0 N–H and O–H groups in total. The SMILES string of the molecule is C=C1c2cc([N+](=O)[O-])c(C(=O)N(C)CCc3cccc(F)c3)cc2OCN1C1CC1. The van der Waals surface area contributed by atoms with Crippen molar-refractivity contribution in [2.24, 2.45) is 0 Å². The van der Waals surface area contributed by atoms with Crippen LogP contribution in [-0.2, 0) is 6.42 Å². The van der Waals surface area contributed by atoms with Crippen LogP contribution < -0.4 is 4.74 Å². The molecule has 0 atom stereocenters. The molecule has 7 nitrogen and oxygen atoms in total. The summed E-state index contributed by atoms with van der Waals surface area (Å²) in [4.78, 5) is 27.5. The van der Waals surface area contributed by atoms with Gasteiger partial charge in [-0.1, -0.05) is 18.7 Å². The molecule has 1 amide bonds. The topological polar surface area (TPSA) is 75.9 Å². The highest BCUT2D eigenvalue weighted by atomic mass is 19.1. The fourth-order valence-corrected chi connectivity index (χ4v) is 3.62. The van der Waals surface area contributed by atoms with Gasteiger partial charge >= 0.3 is 0 Å². The lowest BCUT2D eigenvalue weighted by Gasteiger charge is -2.33. The Hall–Kier alpha value is -3.42. The van der Waals surface area contributed by atoms with E-state index in [0.717, 1.165) is 18.4 Å². The van der Waals surface area contributed by atoms with Crippen molar-refractivity contribution in [3.8, 4) is 5.75 Å². The Morgan fingerprint density at radius 1 is 1.37 bits per heavy atom. The minimum Gasteiger partial charge on any atom is -0.472 e. The molecule has 1 heterocycles. The Labute approximate surface area is 173 Å². The van der Waals surface area contributed by atoms with Crippen LogP contribution in [0.25, 0.3) is 5.70 Å². The third kappa shape index (κ3) is 3.85. The largest absolute Gasteiger partial charge is 0.472 e. The first-order valence-electron chi connectivity index (χ1n) is 9.76. The van der Waals surface area contributed by atoms with Gasteiger partial charge in [0, 0.05) is 43.0 Å². The summed E-state index contributed by atoms with van der Waals surface area (Å²) in [5.41, 5.74) is 1.65. The van der Waals surface area contributed by atoms with Crippen LogP contribution in [0.1, 0.15) is 34.3 Å². The molecule has 30 heavy (non-hydrogen) atoms. The molecule has 8 heteroatoms. The summed E-state index contributed by atoms with van der Waals surface area (Å²) < 4.78 is 19.1. The van der Waals surface area contributed by atoms with E-state index in [-0.39, 0.29) is 17.1 Å². The first-order chi connectivity index (χ1) is 14.3. The van der Waals surface area contributed by atoms with Gasteiger partial charge in [0.1, 0.15) is 17.1 Å². The van der Waals surface area contributed by atoms with E-state index >= 15 is 0 Å². The number of rotatable bonds is 6. The van der Waals surface area contributed by atoms with Gasteiger partial charge in [-0.25, -0.2) is 4.39 Å². The number of carbonyl (C=O) groups excluding carboxylic acids is 1. The van der Waals surface area contributed by atoms with Crippen molar-refractivity contribution < 1.29 is 18.8 Å². The van der Waals surface area contributed by atoms with E-state index in [1.807, 2.05) is 4.90 Å². The van der Waals surface area contributed by atoms with Gasteiger partial charge in [0.15, 0.2) is 6.73 Å². The maximum absolute atomic E-state index is 13.4. The second-order valence-corrected chi connectivity index (χ2v) is 7.65. The second-order valence-electron chi connectivity index (χ2n) is 7.65. The molecule has 1 aliphatic carbocycles. The summed E-state index contributed by atoms with van der Waals surface area (Å²) >= 11 is 0. The van der Waals surface area contributed by atoms with Crippen molar-refractivity contribution in [2.75, 3.05) is 20.3 Å². The molecule has 0 unspecified atom stereocenters. The van der Waals surface area contributed by atoms with E-state index in [0.29, 0.717) is 42.7 Å². The van der Waals surface area contributed by atoms with Gasteiger partial charge in [-0.2, -0.15) is 0 Å². The second kappa shape index (κ2) is 7.78. The summed E-state index contributed by atoms with van der Waals surface area (Å²) in [6, 6.07) is 9.31. The highest BCUT2D eigenvalue weighted by Crippen LogP contribution is 2.42. The minimum atomic E-state index is -0.558. The molecule has 0 saturated heterocycles. The number of benzene rings is 2. The zero-order chi connectivity index (χ0) is 21.4. The molecule has 0 aromatic heterocycles. The van der Waals surface area contributed by atoms with E-state index in [9.17, 15) is 19.3 Å². The molecule has 0 bridgehead atoms. The van der Waals surface area contributed by atoms with E-state index in [2.05, 4.69) is 6.58 Å². The number of amides is 1. The Bertz CT molecular complexity index is 1040. The van der Waals surface area contributed by atoms with Crippen LogP contribution in [0, 0.1) is 15.9 Å². The summed E-state index contributed by atoms with van der Waals surface area (Å²) in [6.45, 7) is 4.68. The highest BCUT2D eigenvalue weighted by molar-refractivity contribution is 5.99. The predicted molar refractivity (Wildman–Crippen MR) is 110 cm³/mol. The number of nitrogens with zero attached hydrogens (tertiary/aromatic N) is 3. The summed E-state index contributed by atoms with van der Waals surface area (Å²) in [5.74, 6) is -0.409. The monoisotopic (exact) mass is 411 g/mol. The zero-order valence-corrected chi connectivity index (χ0v) is 16.6. The van der Waals surface area contributed by atoms with Gasteiger partial charge in [-0.3, -0.25) is 14.9 Å². The van der Waals surface area contributed by atoms with Crippen molar-refractivity contribution in [2.45, 2.75) is 25.3 Å². The Morgan fingerprint density at radius 2 is 2.13 bits per heavy atom. The van der Waals surface area contributed by atoms with Gasteiger partial charge in [0.2, 0.25) is 0 Å². The lowest BCUT2D eigenvalue weighted by Crippen LogP contribution is -2.33. The van der Waals surface area contributed by atoms with E-state index in [1.165, 1.54) is 29.2 Å². The Morgan fingerprint density at radius 3 is 2.80 bits per heavy atom. The van der Waals surface area contributed by atoms with E-state index in [4.69, 9.17) is 4.74 Å². The molecular weight excluding hydrogens is 389 g/mol. The normalized spacial score (nSPS) is 15.4. The van der Waals surface area contributed by atoms with Crippen molar-refractivity contribution >= 4 is 17.3 Å². The molecule has 0 spiro atoms. The molecule has 1 aliphatic heterocycles. The van der Waals surface area contributed by atoms with Crippen LogP contribution in [0.3, 0.4) is 0 Å². The van der Waals surface area contributed by atoms with Crippen LogP contribution in [0.2, 0.25) is 0 Å². The molecule has 2 aromatic carbocycles. The average Bonchev–Trinajstić information content (AvgIpc) is 3.56. The molecule has 2 aromatic rings. The predicted octanol–water partition coefficient (Wildman–Crippen LogP) is 3.83. The van der Waals surface area contributed by atoms with Gasteiger partial charge in [-0.15, -0.1) is 0 Å². The Balaban J connectivity index is 1.57. The lowest BCUT2D eigenvalue weighted by molar-refractivity contribution is -0.385. The summed E-state index contributed by atoms with van der Waals surface area (Å²) in [6.07, 6.45) is 2.53. The molecule has 4 rings (SSSR count). The zero-order valence-electron chi connectivity index (χ0n) is 16.6. The van der Waals surface area contributed by atoms with Crippen LogP contribution >= 0.6 is 0 Å². The number of halogens is 1. The quantitative estimate of drug-likeness (QED) is 0.533. The van der Waals surface area contributed by atoms with Gasteiger partial charge < -0.3 is 14.5 Å². The number of ether oxygens (including phenoxy) is 1. The van der Waals surface area contributed by atoms with E-state index in [1.54, 1.807) is 19.2 Å². The molecule has 2 aliphatic rings. The van der Waals surface area contributed by atoms with Crippen molar-refractivity contribution in [3.05, 3.63) is 75.6 Å². The smallest absolute Gasteiger partial charge is 0.283 e.